The molecule has 19 heavy (non-hydrogen) atoms. The fraction of sp³-hybridized carbons (Fsp3) is 0.0769. The van der Waals surface area contributed by atoms with Gasteiger partial charge in [0.2, 0.25) is 5.88 Å². The molecular weight excluding hydrogens is 246 g/mol. The highest BCUT2D eigenvalue weighted by atomic mass is 16.6. The van der Waals surface area contributed by atoms with Crippen LogP contribution in [0, 0.1) is 0 Å². The zero-order valence-electron chi connectivity index (χ0n) is 10.5. The van der Waals surface area contributed by atoms with Crippen molar-refractivity contribution in [3.05, 3.63) is 54.6 Å². The predicted octanol–water partition coefficient (Wildman–Crippen LogP) is 1.76. The Labute approximate surface area is 111 Å². The molecule has 0 saturated carbocycles. The molecule has 0 radical (unpaired) electrons. The standard InChI is InChI=1S/C13H15N3O3/c1-10(8-12(18-2)15-9-14)16-13(17)19-11-6-4-3-5-7-11/h3-9H,1H2,2H3,(H2,14,15)(H,16,17)/b12-8+. The van der Waals surface area contributed by atoms with E-state index in [9.17, 15) is 4.79 Å². The number of para-hydroxylation sites is 1. The highest BCUT2D eigenvalue weighted by molar-refractivity contribution is 5.72. The predicted molar refractivity (Wildman–Crippen MR) is 72.5 cm³/mol. The van der Waals surface area contributed by atoms with Crippen LogP contribution in [0.2, 0.25) is 0 Å². The average Bonchev–Trinajstić information content (AvgIpc) is 2.39. The van der Waals surface area contributed by atoms with Crippen molar-refractivity contribution in [1.82, 2.24) is 5.32 Å². The number of ether oxygens (including phenoxy) is 2. The van der Waals surface area contributed by atoms with Gasteiger partial charge in [-0.3, -0.25) is 5.32 Å². The number of aliphatic imine (C=N–C) groups is 1. The van der Waals surface area contributed by atoms with Gasteiger partial charge in [-0.25, -0.2) is 9.79 Å². The number of nitrogens with one attached hydrogen (secondary N) is 1. The van der Waals surface area contributed by atoms with Crippen LogP contribution >= 0.6 is 0 Å². The van der Waals surface area contributed by atoms with Crippen molar-refractivity contribution in [2.75, 3.05) is 7.11 Å². The molecule has 6 heteroatoms. The van der Waals surface area contributed by atoms with Crippen LogP contribution in [0.4, 0.5) is 4.79 Å². The number of nitrogens with two attached hydrogens (primary N) is 1. The molecule has 3 N–H and O–H groups in total. The molecule has 0 atom stereocenters. The molecule has 100 valence electrons. The number of rotatable bonds is 5. The van der Waals surface area contributed by atoms with Gasteiger partial charge in [0.05, 0.1) is 13.4 Å². The van der Waals surface area contributed by atoms with E-state index in [1.54, 1.807) is 24.3 Å². The Balaban J connectivity index is 2.55. The molecule has 6 nitrogen and oxygen atoms in total. The van der Waals surface area contributed by atoms with E-state index in [0.29, 0.717) is 5.75 Å². The van der Waals surface area contributed by atoms with Crippen molar-refractivity contribution >= 4 is 12.4 Å². The van der Waals surface area contributed by atoms with Gasteiger partial charge >= 0.3 is 6.09 Å². The van der Waals surface area contributed by atoms with E-state index in [4.69, 9.17) is 15.2 Å². The second-order valence-electron chi connectivity index (χ2n) is 3.32. The molecule has 0 aromatic heterocycles. The Kier molecular flexibility index (Phi) is 5.68. The lowest BCUT2D eigenvalue weighted by molar-refractivity contribution is 0.204. The van der Waals surface area contributed by atoms with Crippen LogP contribution in [0.25, 0.3) is 0 Å². The summed E-state index contributed by atoms with van der Waals surface area (Å²) in [4.78, 5) is 15.2. The Hall–Kier alpha value is -2.76. The Morgan fingerprint density at radius 3 is 2.68 bits per heavy atom. The topological polar surface area (TPSA) is 85.9 Å². The fourth-order valence-corrected chi connectivity index (χ4v) is 1.16. The van der Waals surface area contributed by atoms with Crippen LogP contribution in [-0.4, -0.2) is 19.5 Å². The molecule has 0 heterocycles. The van der Waals surface area contributed by atoms with Crippen molar-refractivity contribution < 1.29 is 14.3 Å². The molecule has 0 aliphatic heterocycles. The maximum atomic E-state index is 11.5. The van der Waals surface area contributed by atoms with E-state index >= 15 is 0 Å². The SMILES string of the molecule is C=C(/C=C(\N=C/N)OC)NC(=O)Oc1ccccc1. The highest BCUT2D eigenvalue weighted by Gasteiger charge is 2.05. The maximum Gasteiger partial charge on any atom is 0.417 e. The number of allylic oxidation sites excluding steroid dienone is 1. The van der Waals surface area contributed by atoms with Gasteiger partial charge in [-0.05, 0) is 12.1 Å². The normalized spacial score (nSPS) is 11.1. The summed E-state index contributed by atoms with van der Waals surface area (Å²) in [6.07, 6.45) is 1.83. The second-order valence-corrected chi connectivity index (χ2v) is 3.32. The molecule has 0 bridgehead atoms. The summed E-state index contributed by atoms with van der Waals surface area (Å²) in [6, 6.07) is 8.67. The molecule has 0 fully saturated rings. The van der Waals surface area contributed by atoms with Gasteiger partial charge in [-0.15, -0.1) is 0 Å². The Morgan fingerprint density at radius 2 is 2.11 bits per heavy atom. The van der Waals surface area contributed by atoms with E-state index < -0.39 is 6.09 Å². The summed E-state index contributed by atoms with van der Waals surface area (Å²) in [7, 11) is 1.43. The summed E-state index contributed by atoms with van der Waals surface area (Å²) >= 11 is 0. The Morgan fingerprint density at radius 1 is 1.42 bits per heavy atom. The van der Waals surface area contributed by atoms with Crippen molar-refractivity contribution in [2.45, 2.75) is 0 Å². The van der Waals surface area contributed by atoms with Crippen molar-refractivity contribution in [3.8, 4) is 5.75 Å². The fourth-order valence-electron chi connectivity index (χ4n) is 1.16. The van der Waals surface area contributed by atoms with Gasteiger partial charge in [0.15, 0.2) is 0 Å². The average molecular weight is 261 g/mol. The van der Waals surface area contributed by atoms with Crippen LogP contribution in [0.15, 0.2) is 59.6 Å². The second kappa shape index (κ2) is 7.54. The minimum atomic E-state index is -0.653. The number of hydrogen-bond acceptors (Lipinski definition) is 4. The number of benzene rings is 1. The zero-order chi connectivity index (χ0) is 14.1. The molecular formula is C13H15N3O3. The van der Waals surface area contributed by atoms with E-state index in [-0.39, 0.29) is 11.6 Å². The van der Waals surface area contributed by atoms with Crippen molar-refractivity contribution in [1.29, 1.82) is 0 Å². The van der Waals surface area contributed by atoms with Crippen molar-refractivity contribution in [2.24, 2.45) is 10.7 Å². The first-order chi connectivity index (χ1) is 9.15. The lowest BCUT2D eigenvalue weighted by Crippen LogP contribution is -2.25. The number of carbonyl (C=O) groups excluding carboxylic acids is 1. The summed E-state index contributed by atoms with van der Waals surface area (Å²) in [5.74, 6) is 0.649. The summed E-state index contributed by atoms with van der Waals surface area (Å²) in [5.41, 5.74) is 5.40. The van der Waals surface area contributed by atoms with Gasteiger partial charge in [0, 0.05) is 11.8 Å². The van der Waals surface area contributed by atoms with E-state index in [2.05, 4.69) is 16.9 Å². The Bertz CT molecular complexity index is 495. The van der Waals surface area contributed by atoms with Gasteiger partial charge in [0.25, 0.3) is 0 Å². The first kappa shape index (κ1) is 14.3. The number of nitrogens with zero attached hydrogens (tertiary/aromatic N) is 1. The van der Waals surface area contributed by atoms with Crippen LogP contribution < -0.4 is 15.8 Å². The van der Waals surface area contributed by atoms with E-state index in [1.165, 1.54) is 13.2 Å². The molecule has 0 saturated heterocycles. The van der Waals surface area contributed by atoms with E-state index in [1.807, 2.05) is 6.07 Å². The third-order valence-corrected chi connectivity index (χ3v) is 1.92. The third kappa shape index (κ3) is 5.40. The molecule has 1 rings (SSSR count). The van der Waals surface area contributed by atoms with Gasteiger partial charge < -0.3 is 15.2 Å². The highest BCUT2D eigenvalue weighted by Crippen LogP contribution is 2.08. The molecule has 1 aromatic carbocycles. The largest absolute Gasteiger partial charge is 0.481 e. The number of amides is 1. The smallest absolute Gasteiger partial charge is 0.417 e. The van der Waals surface area contributed by atoms with E-state index in [0.717, 1.165) is 6.34 Å². The van der Waals surface area contributed by atoms with Crippen molar-refractivity contribution in [3.63, 3.8) is 0 Å². The van der Waals surface area contributed by atoms with Crippen LogP contribution in [0.5, 0.6) is 5.75 Å². The number of carbonyl (C=O) groups is 1. The van der Waals surface area contributed by atoms with Crippen LogP contribution in [-0.2, 0) is 4.74 Å². The quantitative estimate of drug-likeness (QED) is 0.366. The third-order valence-electron chi connectivity index (χ3n) is 1.92. The minimum absolute atomic E-state index is 0.215. The summed E-state index contributed by atoms with van der Waals surface area (Å²) in [6.45, 7) is 3.62. The zero-order valence-corrected chi connectivity index (χ0v) is 10.5. The molecule has 0 unspecified atom stereocenters. The van der Waals surface area contributed by atoms with Crippen LogP contribution in [0.1, 0.15) is 0 Å². The molecule has 0 aliphatic rings. The minimum Gasteiger partial charge on any atom is -0.481 e. The molecule has 1 aromatic rings. The lowest BCUT2D eigenvalue weighted by atomic mass is 10.3. The molecule has 1 amide bonds. The summed E-state index contributed by atoms with van der Waals surface area (Å²) < 4.78 is 9.91. The first-order valence-corrected chi connectivity index (χ1v) is 5.38. The molecule has 0 spiro atoms. The summed E-state index contributed by atoms with van der Waals surface area (Å²) in [5, 5.41) is 2.42. The lowest BCUT2D eigenvalue weighted by Gasteiger charge is -2.06. The first-order valence-electron chi connectivity index (χ1n) is 5.38. The van der Waals surface area contributed by atoms with Gasteiger partial charge in [-0.2, -0.15) is 0 Å². The molecule has 0 aliphatic carbocycles. The van der Waals surface area contributed by atoms with Gasteiger partial charge in [0.1, 0.15) is 5.75 Å². The number of hydrogen-bond donors (Lipinski definition) is 2. The van der Waals surface area contributed by atoms with Gasteiger partial charge in [-0.1, -0.05) is 24.8 Å². The maximum absolute atomic E-state index is 11.5. The monoisotopic (exact) mass is 261 g/mol. The number of methoxy groups -OCH3 is 1. The van der Waals surface area contributed by atoms with Crippen LogP contribution in [0.3, 0.4) is 0 Å².